The van der Waals surface area contributed by atoms with Gasteiger partial charge in [0.1, 0.15) is 5.82 Å². The maximum atomic E-state index is 13.4. The van der Waals surface area contributed by atoms with Crippen molar-refractivity contribution in [2.75, 3.05) is 5.32 Å². The van der Waals surface area contributed by atoms with Gasteiger partial charge in [0.15, 0.2) is 0 Å². The molecule has 2 nitrogen and oxygen atoms in total. The Bertz CT molecular complexity index is 688. The van der Waals surface area contributed by atoms with Crippen LogP contribution >= 0.6 is 23.2 Å². The number of hydrogen-bond acceptors (Lipinski definition) is 2. The molecule has 110 valence electrons. The molecule has 0 saturated carbocycles. The minimum absolute atomic E-state index is 0.102. The monoisotopic (exact) mass is 325 g/mol. The standard InChI is InChI=1S/C16H14Cl2FNO/c1-9-3-4-11(19)7-14(9)10(2)20-12-5-6-13(16(18)21)15(17)8-12/h3-8,10,20H,1-2H3. The first-order valence-corrected chi connectivity index (χ1v) is 7.16. The van der Waals surface area contributed by atoms with Gasteiger partial charge in [-0.3, -0.25) is 4.79 Å². The number of carbonyl (C=O) groups is 1. The number of benzene rings is 2. The quantitative estimate of drug-likeness (QED) is 0.769. The molecule has 0 radical (unpaired) electrons. The molecule has 0 aromatic heterocycles. The Hall–Kier alpha value is -1.58. The van der Waals surface area contributed by atoms with E-state index in [4.69, 9.17) is 23.2 Å². The van der Waals surface area contributed by atoms with E-state index in [0.717, 1.165) is 16.8 Å². The van der Waals surface area contributed by atoms with E-state index in [1.54, 1.807) is 24.3 Å². The van der Waals surface area contributed by atoms with Crippen LogP contribution in [0, 0.1) is 12.7 Å². The number of aryl methyl sites for hydroxylation is 1. The fourth-order valence-corrected chi connectivity index (χ4v) is 2.65. The van der Waals surface area contributed by atoms with Gasteiger partial charge < -0.3 is 5.32 Å². The topological polar surface area (TPSA) is 29.1 Å². The number of anilines is 1. The molecular formula is C16H14Cl2FNO. The average Bonchev–Trinajstić information content (AvgIpc) is 2.41. The lowest BCUT2D eigenvalue weighted by Crippen LogP contribution is -2.09. The van der Waals surface area contributed by atoms with Crippen molar-refractivity contribution in [2.24, 2.45) is 0 Å². The molecule has 21 heavy (non-hydrogen) atoms. The van der Waals surface area contributed by atoms with Crippen LogP contribution in [0.25, 0.3) is 0 Å². The molecule has 2 rings (SSSR count). The Morgan fingerprint density at radius 1 is 1.24 bits per heavy atom. The third-order valence-corrected chi connectivity index (χ3v) is 3.79. The SMILES string of the molecule is Cc1ccc(F)cc1C(C)Nc1ccc(C(=O)Cl)c(Cl)c1. The first-order chi connectivity index (χ1) is 9.88. The fraction of sp³-hybridized carbons (Fsp3) is 0.188. The summed E-state index contributed by atoms with van der Waals surface area (Å²) in [6.07, 6.45) is 0. The highest BCUT2D eigenvalue weighted by Crippen LogP contribution is 2.27. The molecule has 1 N–H and O–H groups in total. The normalized spacial score (nSPS) is 12.0. The summed E-state index contributed by atoms with van der Waals surface area (Å²) in [4.78, 5) is 11.1. The maximum absolute atomic E-state index is 13.4. The van der Waals surface area contributed by atoms with E-state index in [1.807, 2.05) is 13.8 Å². The van der Waals surface area contributed by atoms with Gasteiger partial charge in [0, 0.05) is 11.7 Å². The zero-order chi connectivity index (χ0) is 15.6. The second kappa shape index (κ2) is 6.46. The van der Waals surface area contributed by atoms with Crippen molar-refractivity contribution in [3.8, 4) is 0 Å². The van der Waals surface area contributed by atoms with Gasteiger partial charge in [-0.05, 0) is 66.9 Å². The minimum Gasteiger partial charge on any atom is -0.378 e. The van der Waals surface area contributed by atoms with Gasteiger partial charge in [0.25, 0.3) is 5.24 Å². The minimum atomic E-state index is -0.597. The van der Waals surface area contributed by atoms with Crippen molar-refractivity contribution in [2.45, 2.75) is 19.9 Å². The zero-order valence-electron chi connectivity index (χ0n) is 11.6. The van der Waals surface area contributed by atoms with Gasteiger partial charge in [-0.1, -0.05) is 17.7 Å². The zero-order valence-corrected chi connectivity index (χ0v) is 13.1. The first-order valence-electron chi connectivity index (χ1n) is 6.40. The number of hydrogen-bond donors (Lipinski definition) is 1. The number of nitrogens with one attached hydrogen (secondary N) is 1. The molecular weight excluding hydrogens is 312 g/mol. The molecule has 0 fully saturated rings. The van der Waals surface area contributed by atoms with E-state index in [1.165, 1.54) is 12.1 Å². The average molecular weight is 326 g/mol. The molecule has 1 atom stereocenters. The highest BCUT2D eigenvalue weighted by molar-refractivity contribution is 6.68. The van der Waals surface area contributed by atoms with Crippen LogP contribution in [0.1, 0.15) is 34.5 Å². The summed E-state index contributed by atoms with van der Waals surface area (Å²) in [6.45, 7) is 3.85. The molecule has 0 aliphatic heterocycles. The van der Waals surface area contributed by atoms with Crippen LogP contribution in [0.3, 0.4) is 0 Å². The Kier molecular flexibility index (Phi) is 4.86. The summed E-state index contributed by atoms with van der Waals surface area (Å²) < 4.78 is 13.4. The predicted molar refractivity (Wildman–Crippen MR) is 84.8 cm³/mol. The Balaban J connectivity index is 2.23. The summed E-state index contributed by atoms with van der Waals surface area (Å²) in [5, 5.41) is 2.91. The van der Waals surface area contributed by atoms with Gasteiger partial charge >= 0.3 is 0 Å². The van der Waals surface area contributed by atoms with Crippen LogP contribution in [0.15, 0.2) is 36.4 Å². The maximum Gasteiger partial charge on any atom is 0.253 e. The molecule has 0 saturated heterocycles. The van der Waals surface area contributed by atoms with Gasteiger partial charge in [-0.15, -0.1) is 0 Å². The summed E-state index contributed by atoms with van der Waals surface area (Å²) in [5.74, 6) is -0.273. The Labute approximate surface area is 132 Å². The fourth-order valence-electron chi connectivity index (χ4n) is 2.17. The van der Waals surface area contributed by atoms with E-state index < -0.39 is 5.24 Å². The molecule has 0 aliphatic rings. The highest BCUT2D eigenvalue weighted by atomic mass is 35.5. The van der Waals surface area contributed by atoms with Crippen LogP contribution in [0.5, 0.6) is 0 Å². The van der Waals surface area contributed by atoms with Crippen molar-refractivity contribution in [3.05, 3.63) is 63.9 Å². The Morgan fingerprint density at radius 2 is 1.95 bits per heavy atom. The number of rotatable bonds is 4. The lowest BCUT2D eigenvalue weighted by Gasteiger charge is -2.18. The van der Waals surface area contributed by atoms with Gasteiger partial charge in [-0.2, -0.15) is 0 Å². The molecule has 0 spiro atoms. The van der Waals surface area contributed by atoms with E-state index in [9.17, 15) is 9.18 Å². The van der Waals surface area contributed by atoms with Crippen LogP contribution in [0.2, 0.25) is 5.02 Å². The highest BCUT2D eigenvalue weighted by Gasteiger charge is 2.12. The summed E-state index contributed by atoms with van der Waals surface area (Å²) >= 11 is 11.4. The lowest BCUT2D eigenvalue weighted by molar-refractivity contribution is 0.108. The molecule has 0 amide bonds. The van der Waals surface area contributed by atoms with Crippen molar-refractivity contribution in [1.82, 2.24) is 0 Å². The van der Waals surface area contributed by atoms with Gasteiger partial charge in [-0.25, -0.2) is 4.39 Å². The van der Waals surface area contributed by atoms with Crippen molar-refractivity contribution in [3.63, 3.8) is 0 Å². The van der Waals surface area contributed by atoms with Crippen molar-refractivity contribution in [1.29, 1.82) is 0 Å². The molecule has 0 aliphatic carbocycles. The van der Waals surface area contributed by atoms with Crippen LogP contribution in [-0.2, 0) is 0 Å². The van der Waals surface area contributed by atoms with Crippen molar-refractivity contribution < 1.29 is 9.18 Å². The summed E-state index contributed by atoms with van der Waals surface area (Å²) in [7, 11) is 0. The van der Waals surface area contributed by atoms with Crippen LogP contribution < -0.4 is 5.32 Å². The third kappa shape index (κ3) is 3.74. The summed E-state index contributed by atoms with van der Waals surface area (Å²) in [5.41, 5.74) is 2.86. The van der Waals surface area contributed by atoms with Crippen LogP contribution in [0.4, 0.5) is 10.1 Å². The molecule has 0 bridgehead atoms. The molecule has 1 unspecified atom stereocenters. The smallest absolute Gasteiger partial charge is 0.253 e. The predicted octanol–water partition coefficient (Wildman–Crippen LogP) is 5.34. The van der Waals surface area contributed by atoms with E-state index in [-0.39, 0.29) is 22.4 Å². The van der Waals surface area contributed by atoms with E-state index in [0.29, 0.717) is 0 Å². The van der Waals surface area contributed by atoms with E-state index in [2.05, 4.69) is 5.32 Å². The molecule has 0 heterocycles. The largest absolute Gasteiger partial charge is 0.378 e. The lowest BCUT2D eigenvalue weighted by atomic mass is 10.0. The van der Waals surface area contributed by atoms with Crippen LogP contribution in [-0.4, -0.2) is 5.24 Å². The Morgan fingerprint density at radius 3 is 2.57 bits per heavy atom. The third-order valence-electron chi connectivity index (χ3n) is 3.27. The number of carbonyl (C=O) groups excluding carboxylic acids is 1. The number of halogens is 3. The summed E-state index contributed by atoms with van der Waals surface area (Å²) in [6, 6.07) is 9.48. The molecule has 2 aromatic carbocycles. The second-order valence-corrected chi connectivity index (χ2v) is 5.59. The van der Waals surface area contributed by atoms with Crippen molar-refractivity contribution >= 4 is 34.1 Å². The van der Waals surface area contributed by atoms with E-state index >= 15 is 0 Å². The first kappa shape index (κ1) is 15.8. The molecule has 5 heteroatoms. The molecule has 2 aromatic rings. The second-order valence-electron chi connectivity index (χ2n) is 4.84. The van der Waals surface area contributed by atoms with Gasteiger partial charge in [0.2, 0.25) is 0 Å². The van der Waals surface area contributed by atoms with Gasteiger partial charge in [0.05, 0.1) is 10.6 Å².